The average molecular weight is 248 g/mol. The number of esters is 1. The first-order valence-corrected chi connectivity index (χ1v) is 7.21. The lowest BCUT2D eigenvalue weighted by Gasteiger charge is -2.16. The lowest BCUT2D eigenvalue weighted by Crippen LogP contribution is -2.41. The Balaban J connectivity index is 2.33. The van der Waals surface area contributed by atoms with Crippen molar-refractivity contribution in [3.8, 4) is 0 Å². The summed E-state index contributed by atoms with van der Waals surface area (Å²) in [4.78, 5) is 11.6. The molecule has 1 aliphatic heterocycles. The second kappa shape index (κ2) is 3.20. The minimum absolute atomic E-state index is 0.483. The van der Waals surface area contributed by atoms with Crippen LogP contribution in [-0.4, -0.2) is 44.2 Å². The molecule has 1 spiro atoms. The van der Waals surface area contributed by atoms with Crippen LogP contribution < -0.4 is 0 Å². The van der Waals surface area contributed by atoms with Crippen LogP contribution in [0.3, 0.4) is 0 Å². The molecule has 2 aliphatic rings. The molecule has 3 atom stereocenters. The van der Waals surface area contributed by atoms with E-state index in [0.717, 1.165) is 6.42 Å². The number of hydrogen-bond donors (Lipinski definition) is 0. The van der Waals surface area contributed by atoms with Gasteiger partial charge >= 0.3 is 5.97 Å². The van der Waals surface area contributed by atoms with Gasteiger partial charge in [0.25, 0.3) is 0 Å². The summed E-state index contributed by atoms with van der Waals surface area (Å²) < 4.78 is 33.5. The quantitative estimate of drug-likeness (QED) is 0.518. The van der Waals surface area contributed by atoms with Gasteiger partial charge in [-0.1, -0.05) is 0 Å². The normalized spacial score (nSPS) is 42.3. The van der Waals surface area contributed by atoms with Crippen LogP contribution in [0.2, 0.25) is 0 Å². The van der Waals surface area contributed by atoms with Gasteiger partial charge in [0, 0.05) is 6.26 Å². The van der Waals surface area contributed by atoms with E-state index in [1.165, 1.54) is 13.4 Å². The molecule has 6 heteroatoms. The smallest absolute Gasteiger partial charge is 0.340 e. The van der Waals surface area contributed by atoms with Gasteiger partial charge in [-0.2, -0.15) is 0 Å². The molecule has 92 valence electrons. The number of methoxy groups -OCH3 is 1. The summed E-state index contributed by atoms with van der Waals surface area (Å²) in [6.07, 6.45) is 3.14. The third-order valence-electron chi connectivity index (χ3n) is 3.78. The molecule has 2 rings (SSSR count). The van der Waals surface area contributed by atoms with Gasteiger partial charge in [-0.15, -0.1) is 0 Å². The molecule has 1 aliphatic carbocycles. The van der Waals surface area contributed by atoms with Crippen LogP contribution in [0.1, 0.15) is 26.2 Å². The number of rotatable bonds is 2. The van der Waals surface area contributed by atoms with Crippen LogP contribution in [0.5, 0.6) is 0 Å². The van der Waals surface area contributed by atoms with Crippen LogP contribution in [0.25, 0.3) is 0 Å². The Bertz CT molecular complexity index is 428. The molecular weight excluding hydrogens is 232 g/mol. The van der Waals surface area contributed by atoms with Crippen LogP contribution in [0.4, 0.5) is 0 Å². The molecule has 0 bridgehead atoms. The minimum Gasteiger partial charge on any atom is -0.467 e. The van der Waals surface area contributed by atoms with Crippen LogP contribution in [0, 0.1) is 0 Å². The fourth-order valence-electron chi connectivity index (χ4n) is 2.91. The van der Waals surface area contributed by atoms with Crippen molar-refractivity contribution in [3.05, 3.63) is 0 Å². The first kappa shape index (κ1) is 11.9. The third-order valence-corrected chi connectivity index (χ3v) is 5.43. The summed E-state index contributed by atoms with van der Waals surface area (Å²) in [6.45, 7) is 1.61. The van der Waals surface area contributed by atoms with Crippen molar-refractivity contribution in [2.75, 3.05) is 13.4 Å². The zero-order valence-electron chi connectivity index (χ0n) is 9.65. The van der Waals surface area contributed by atoms with Gasteiger partial charge in [-0.25, -0.2) is 13.2 Å². The summed E-state index contributed by atoms with van der Waals surface area (Å²) >= 11 is 0. The van der Waals surface area contributed by atoms with Gasteiger partial charge in [0.05, 0.1) is 12.4 Å². The van der Waals surface area contributed by atoms with Crippen LogP contribution in [0.15, 0.2) is 0 Å². The van der Waals surface area contributed by atoms with E-state index in [9.17, 15) is 13.2 Å². The Labute approximate surface area is 95.0 Å². The van der Waals surface area contributed by atoms with Gasteiger partial charge in [0.2, 0.25) is 0 Å². The highest BCUT2D eigenvalue weighted by atomic mass is 32.2. The van der Waals surface area contributed by atoms with E-state index >= 15 is 0 Å². The predicted octanol–water partition coefficient (Wildman–Crippen LogP) is 0.284. The highest BCUT2D eigenvalue weighted by Gasteiger charge is 2.78. The number of sulfone groups is 1. The molecule has 0 N–H and O–H groups in total. The lowest BCUT2D eigenvalue weighted by molar-refractivity contribution is -0.146. The fraction of sp³-hybridized carbons (Fsp3) is 0.900. The second-order valence-corrected chi connectivity index (χ2v) is 6.95. The number of carbonyl (C=O) groups excluding carboxylic acids is 1. The Hall–Kier alpha value is -0.620. The van der Waals surface area contributed by atoms with Crippen molar-refractivity contribution in [3.63, 3.8) is 0 Å². The first-order chi connectivity index (χ1) is 7.28. The van der Waals surface area contributed by atoms with Crippen LogP contribution in [-0.2, 0) is 24.1 Å². The highest BCUT2D eigenvalue weighted by molar-refractivity contribution is 7.91. The van der Waals surface area contributed by atoms with Crippen molar-refractivity contribution in [2.24, 2.45) is 0 Å². The predicted molar refractivity (Wildman–Crippen MR) is 56.7 cm³/mol. The number of ether oxygens (including phenoxy) is 2. The van der Waals surface area contributed by atoms with E-state index in [4.69, 9.17) is 4.74 Å². The molecule has 1 heterocycles. The van der Waals surface area contributed by atoms with E-state index in [2.05, 4.69) is 4.74 Å². The maximum Gasteiger partial charge on any atom is 0.340 e. The zero-order chi connectivity index (χ0) is 12.2. The number of carbonyl (C=O) groups is 1. The molecule has 0 aromatic rings. The van der Waals surface area contributed by atoms with Crippen molar-refractivity contribution >= 4 is 15.8 Å². The summed E-state index contributed by atoms with van der Waals surface area (Å²) in [5, 5.41) is -0.580. The zero-order valence-corrected chi connectivity index (χ0v) is 10.5. The molecule has 2 fully saturated rings. The molecule has 5 nitrogen and oxygen atoms in total. The van der Waals surface area contributed by atoms with Crippen molar-refractivity contribution in [1.82, 2.24) is 0 Å². The van der Waals surface area contributed by atoms with E-state index in [-0.39, 0.29) is 0 Å². The molecule has 0 aromatic carbocycles. The maximum atomic E-state index is 11.7. The topological polar surface area (TPSA) is 73.0 Å². The lowest BCUT2D eigenvalue weighted by atomic mass is 9.92. The summed E-state index contributed by atoms with van der Waals surface area (Å²) in [7, 11) is -1.91. The third kappa shape index (κ3) is 1.32. The molecule has 1 saturated carbocycles. The SMILES string of the molecule is COC(=O)C1(C)OC12CCCC2S(C)(=O)=O. The fourth-order valence-corrected chi connectivity index (χ4v) is 4.59. The summed E-state index contributed by atoms with van der Waals surface area (Å²) in [5.41, 5.74) is -1.92. The van der Waals surface area contributed by atoms with E-state index < -0.39 is 32.3 Å². The Kier molecular flexibility index (Phi) is 2.37. The minimum atomic E-state index is -3.19. The molecule has 1 saturated heterocycles. The maximum absolute atomic E-state index is 11.7. The van der Waals surface area contributed by atoms with Gasteiger partial charge in [-0.3, -0.25) is 0 Å². The highest BCUT2D eigenvalue weighted by Crippen LogP contribution is 2.60. The summed E-state index contributed by atoms with van der Waals surface area (Å²) in [5.74, 6) is -0.483. The van der Waals surface area contributed by atoms with Crippen molar-refractivity contribution < 1.29 is 22.7 Å². The number of epoxide rings is 1. The Morgan fingerprint density at radius 3 is 2.62 bits per heavy atom. The van der Waals surface area contributed by atoms with Gasteiger partial charge in [-0.05, 0) is 26.2 Å². The van der Waals surface area contributed by atoms with Crippen molar-refractivity contribution in [1.29, 1.82) is 0 Å². The van der Waals surface area contributed by atoms with E-state index in [1.54, 1.807) is 6.92 Å². The van der Waals surface area contributed by atoms with E-state index in [1.807, 2.05) is 0 Å². The number of hydrogen-bond acceptors (Lipinski definition) is 5. The van der Waals surface area contributed by atoms with Crippen molar-refractivity contribution in [2.45, 2.75) is 42.6 Å². The molecule has 0 amide bonds. The molecule has 0 radical (unpaired) electrons. The Morgan fingerprint density at radius 1 is 1.50 bits per heavy atom. The largest absolute Gasteiger partial charge is 0.467 e. The van der Waals surface area contributed by atoms with Gasteiger partial charge in [0.15, 0.2) is 15.4 Å². The Morgan fingerprint density at radius 2 is 2.12 bits per heavy atom. The second-order valence-electron chi connectivity index (χ2n) is 4.73. The molecule has 16 heavy (non-hydrogen) atoms. The molecule has 0 aromatic heterocycles. The standard InChI is InChI=1S/C10H16O5S/c1-9(8(11)14-2)10(15-9)6-4-5-7(10)16(3,12)13/h7H,4-6H2,1-3H3. The van der Waals surface area contributed by atoms with Crippen LogP contribution >= 0.6 is 0 Å². The van der Waals surface area contributed by atoms with Gasteiger partial charge < -0.3 is 9.47 Å². The first-order valence-electron chi connectivity index (χ1n) is 5.25. The summed E-state index contributed by atoms with van der Waals surface area (Å²) in [6, 6.07) is 0. The average Bonchev–Trinajstić information content (AvgIpc) is 2.60. The van der Waals surface area contributed by atoms with E-state index in [0.29, 0.717) is 12.8 Å². The monoisotopic (exact) mass is 248 g/mol. The molecular formula is C10H16O5S. The molecule has 3 unspecified atom stereocenters. The van der Waals surface area contributed by atoms with Gasteiger partial charge in [0.1, 0.15) is 5.60 Å².